The normalized spacial score (nSPS) is 12.7. The first-order valence-corrected chi connectivity index (χ1v) is 7.44. The second-order valence-electron chi connectivity index (χ2n) is 4.15. The van der Waals surface area contributed by atoms with E-state index in [-0.39, 0.29) is 0 Å². The van der Waals surface area contributed by atoms with Gasteiger partial charge in [-0.15, -0.1) is 0 Å². The summed E-state index contributed by atoms with van der Waals surface area (Å²) >= 11 is 0. The Labute approximate surface area is 121 Å². The molecule has 0 fully saturated rings. The molecule has 1 aromatic rings. The molecule has 3 N–H and O–H groups in total. The van der Waals surface area contributed by atoms with Gasteiger partial charge >= 0.3 is 5.69 Å². The number of aromatic hydroxyl groups is 1. The molecule has 10 heteroatoms. The van der Waals surface area contributed by atoms with Crippen LogP contribution in [0.25, 0.3) is 0 Å². The van der Waals surface area contributed by atoms with Crippen LogP contribution in [0.15, 0.2) is 23.1 Å². The van der Waals surface area contributed by atoms with Crippen molar-refractivity contribution in [2.24, 2.45) is 0 Å². The molecule has 0 radical (unpaired) electrons. The van der Waals surface area contributed by atoms with Gasteiger partial charge in [-0.2, -0.15) is 4.72 Å². The SMILES string of the molecule is CCNC(=O)[C@@H](C)NS(=O)(=O)c1ccc(O)c([N+](=O)[O-])c1. The lowest BCUT2D eigenvalue weighted by Gasteiger charge is -2.13. The summed E-state index contributed by atoms with van der Waals surface area (Å²) in [6.45, 7) is 3.37. The molecule has 1 atom stereocenters. The molecule has 0 aliphatic rings. The fraction of sp³-hybridized carbons (Fsp3) is 0.364. The minimum absolute atomic E-state index is 0.343. The smallest absolute Gasteiger partial charge is 0.312 e. The predicted molar refractivity (Wildman–Crippen MR) is 73.2 cm³/mol. The third kappa shape index (κ3) is 4.13. The summed E-state index contributed by atoms with van der Waals surface area (Å²) in [4.78, 5) is 20.9. The van der Waals surface area contributed by atoms with Crippen LogP contribution in [-0.2, 0) is 14.8 Å². The van der Waals surface area contributed by atoms with Crippen LogP contribution in [0.4, 0.5) is 5.69 Å². The first-order chi connectivity index (χ1) is 9.69. The van der Waals surface area contributed by atoms with E-state index in [1.54, 1.807) is 6.92 Å². The summed E-state index contributed by atoms with van der Waals surface area (Å²) in [5, 5.41) is 22.4. The lowest BCUT2D eigenvalue weighted by molar-refractivity contribution is -0.386. The average Bonchev–Trinajstić information content (AvgIpc) is 2.38. The first kappa shape index (κ1) is 16.9. The molecule has 0 aliphatic heterocycles. The number of hydrogen-bond acceptors (Lipinski definition) is 6. The number of nitrogens with zero attached hydrogens (tertiary/aromatic N) is 1. The number of carbonyl (C=O) groups excluding carboxylic acids is 1. The summed E-state index contributed by atoms with van der Waals surface area (Å²) in [5.41, 5.74) is -0.733. The number of hydrogen-bond donors (Lipinski definition) is 3. The highest BCUT2D eigenvalue weighted by molar-refractivity contribution is 7.89. The van der Waals surface area contributed by atoms with E-state index < -0.39 is 43.2 Å². The van der Waals surface area contributed by atoms with Crippen molar-refractivity contribution >= 4 is 21.6 Å². The Hall–Kier alpha value is -2.20. The van der Waals surface area contributed by atoms with Gasteiger partial charge in [0.25, 0.3) is 0 Å². The molecule has 1 amide bonds. The second kappa shape index (κ2) is 6.50. The van der Waals surface area contributed by atoms with Crippen LogP contribution in [0.2, 0.25) is 0 Å². The molecular weight excluding hydrogens is 302 g/mol. The molecule has 0 aromatic heterocycles. The summed E-state index contributed by atoms with van der Waals surface area (Å²) in [6.07, 6.45) is 0. The molecule has 0 bridgehead atoms. The molecule has 116 valence electrons. The standard InChI is InChI=1S/C11H15N3O6S/c1-3-12-11(16)7(2)13-21(19,20)8-4-5-10(15)9(6-8)14(17)18/h4-7,13,15H,3H2,1-2H3,(H,12,16)/t7-/m1/s1. The van der Waals surface area contributed by atoms with Crippen molar-refractivity contribution in [3.63, 3.8) is 0 Å². The quantitative estimate of drug-likeness (QED) is 0.502. The van der Waals surface area contributed by atoms with Gasteiger partial charge < -0.3 is 10.4 Å². The Morgan fingerprint density at radius 2 is 2.10 bits per heavy atom. The number of phenols is 1. The van der Waals surface area contributed by atoms with Crippen molar-refractivity contribution < 1.29 is 23.2 Å². The lowest BCUT2D eigenvalue weighted by Crippen LogP contribution is -2.44. The predicted octanol–water partition coefficient (Wildman–Crippen LogP) is 0.103. The maximum Gasteiger partial charge on any atom is 0.312 e. The highest BCUT2D eigenvalue weighted by Crippen LogP contribution is 2.28. The minimum Gasteiger partial charge on any atom is -0.502 e. The fourth-order valence-corrected chi connectivity index (χ4v) is 2.72. The molecular formula is C11H15N3O6S. The van der Waals surface area contributed by atoms with Gasteiger partial charge in [-0.1, -0.05) is 0 Å². The average molecular weight is 317 g/mol. The van der Waals surface area contributed by atoms with Gasteiger partial charge in [0.15, 0.2) is 5.75 Å². The molecule has 0 saturated carbocycles. The number of nitro benzene ring substituents is 1. The third-order valence-electron chi connectivity index (χ3n) is 2.53. The van der Waals surface area contributed by atoms with Gasteiger partial charge in [-0.3, -0.25) is 14.9 Å². The van der Waals surface area contributed by atoms with Crippen LogP contribution in [0.1, 0.15) is 13.8 Å². The number of phenolic OH excluding ortho intramolecular Hbond substituents is 1. The van der Waals surface area contributed by atoms with Crippen LogP contribution in [0, 0.1) is 10.1 Å². The Kier molecular flexibility index (Phi) is 5.22. The third-order valence-corrected chi connectivity index (χ3v) is 4.07. The number of nitro groups is 1. The monoisotopic (exact) mass is 317 g/mol. The van der Waals surface area contributed by atoms with E-state index in [9.17, 15) is 28.4 Å². The molecule has 1 rings (SSSR count). The second-order valence-corrected chi connectivity index (χ2v) is 5.86. The largest absolute Gasteiger partial charge is 0.502 e. The topological polar surface area (TPSA) is 139 Å². The molecule has 21 heavy (non-hydrogen) atoms. The van der Waals surface area contributed by atoms with E-state index in [0.717, 1.165) is 18.2 Å². The van der Waals surface area contributed by atoms with Crippen LogP contribution in [0.3, 0.4) is 0 Å². The van der Waals surface area contributed by atoms with Gasteiger partial charge in [0.2, 0.25) is 15.9 Å². The number of rotatable bonds is 6. The fourth-order valence-electron chi connectivity index (χ4n) is 1.50. The van der Waals surface area contributed by atoms with Crippen molar-refractivity contribution in [3.05, 3.63) is 28.3 Å². The Bertz CT molecular complexity index is 658. The Morgan fingerprint density at radius 3 is 2.62 bits per heavy atom. The molecule has 1 aromatic carbocycles. The summed E-state index contributed by atoms with van der Waals surface area (Å²) in [5.74, 6) is -1.16. The highest BCUT2D eigenvalue weighted by Gasteiger charge is 2.24. The van der Waals surface area contributed by atoms with Crippen LogP contribution < -0.4 is 10.0 Å². The van der Waals surface area contributed by atoms with Crippen molar-refractivity contribution in [2.45, 2.75) is 24.8 Å². The van der Waals surface area contributed by atoms with Gasteiger partial charge in [-0.25, -0.2) is 8.42 Å². The molecule has 0 unspecified atom stereocenters. The van der Waals surface area contributed by atoms with Gasteiger partial charge in [0.05, 0.1) is 15.9 Å². The Balaban J connectivity index is 3.06. The van der Waals surface area contributed by atoms with Crippen LogP contribution in [0.5, 0.6) is 5.75 Å². The molecule has 0 aliphatic carbocycles. The van der Waals surface area contributed by atoms with E-state index >= 15 is 0 Å². The zero-order valence-corrected chi connectivity index (χ0v) is 12.2. The number of likely N-dealkylation sites (N-methyl/N-ethyl adjacent to an activating group) is 1. The molecule has 0 saturated heterocycles. The Morgan fingerprint density at radius 1 is 1.48 bits per heavy atom. The number of sulfonamides is 1. The zero-order chi connectivity index (χ0) is 16.2. The van der Waals surface area contributed by atoms with E-state index in [2.05, 4.69) is 10.0 Å². The van der Waals surface area contributed by atoms with Crippen molar-refractivity contribution in [1.82, 2.24) is 10.0 Å². The number of benzene rings is 1. The maximum atomic E-state index is 12.0. The number of amides is 1. The summed E-state index contributed by atoms with van der Waals surface area (Å²) in [6, 6.07) is 1.60. The number of carbonyl (C=O) groups is 1. The lowest BCUT2D eigenvalue weighted by atomic mass is 10.3. The maximum absolute atomic E-state index is 12.0. The van der Waals surface area contributed by atoms with E-state index in [1.165, 1.54) is 6.92 Å². The van der Waals surface area contributed by atoms with Crippen molar-refractivity contribution in [1.29, 1.82) is 0 Å². The summed E-state index contributed by atoms with van der Waals surface area (Å²) < 4.78 is 26.2. The van der Waals surface area contributed by atoms with E-state index in [4.69, 9.17) is 0 Å². The van der Waals surface area contributed by atoms with Gasteiger partial charge in [0, 0.05) is 12.6 Å². The number of nitrogens with one attached hydrogen (secondary N) is 2. The van der Waals surface area contributed by atoms with Crippen molar-refractivity contribution in [3.8, 4) is 5.75 Å². The first-order valence-electron chi connectivity index (χ1n) is 5.96. The van der Waals surface area contributed by atoms with Crippen LogP contribution in [-0.4, -0.2) is 36.9 Å². The van der Waals surface area contributed by atoms with E-state index in [0.29, 0.717) is 6.54 Å². The van der Waals surface area contributed by atoms with E-state index in [1.807, 2.05) is 0 Å². The highest BCUT2D eigenvalue weighted by atomic mass is 32.2. The molecule has 9 nitrogen and oxygen atoms in total. The molecule has 0 heterocycles. The zero-order valence-electron chi connectivity index (χ0n) is 11.4. The van der Waals surface area contributed by atoms with Gasteiger partial charge in [-0.05, 0) is 26.0 Å². The van der Waals surface area contributed by atoms with Crippen LogP contribution >= 0.6 is 0 Å². The van der Waals surface area contributed by atoms with Crippen molar-refractivity contribution in [2.75, 3.05) is 6.54 Å². The molecule has 0 spiro atoms. The summed E-state index contributed by atoms with van der Waals surface area (Å²) in [7, 11) is -4.12. The van der Waals surface area contributed by atoms with Gasteiger partial charge in [0.1, 0.15) is 0 Å². The minimum atomic E-state index is -4.12.